The van der Waals surface area contributed by atoms with Crippen molar-refractivity contribution < 1.29 is 23.5 Å². The summed E-state index contributed by atoms with van der Waals surface area (Å²) in [7, 11) is 0. The van der Waals surface area contributed by atoms with Gasteiger partial charge in [0.25, 0.3) is 5.91 Å². The topological polar surface area (TPSA) is 85.6 Å². The summed E-state index contributed by atoms with van der Waals surface area (Å²) in [6.45, 7) is 5.01. The van der Waals surface area contributed by atoms with Gasteiger partial charge in [-0.05, 0) is 44.5 Å². The molecular formula is C25H24ClNO5. The van der Waals surface area contributed by atoms with Gasteiger partial charge in [0.05, 0.1) is 18.6 Å². The molecule has 0 spiro atoms. The van der Waals surface area contributed by atoms with Gasteiger partial charge in [-0.1, -0.05) is 54.1 Å². The van der Waals surface area contributed by atoms with Gasteiger partial charge in [0.15, 0.2) is 11.5 Å². The van der Waals surface area contributed by atoms with Crippen molar-refractivity contribution in [3.8, 4) is 11.3 Å². The largest absolute Gasteiger partial charge is 0.463 e. The summed E-state index contributed by atoms with van der Waals surface area (Å²) >= 11 is 6.31. The van der Waals surface area contributed by atoms with Crippen molar-refractivity contribution in [2.75, 3.05) is 0 Å². The van der Waals surface area contributed by atoms with E-state index in [1.165, 1.54) is 6.92 Å². The summed E-state index contributed by atoms with van der Waals surface area (Å²) < 4.78 is 11.0. The quantitative estimate of drug-likeness (QED) is 0.353. The van der Waals surface area contributed by atoms with Crippen molar-refractivity contribution in [3.63, 3.8) is 0 Å². The number of ether oxygens (including phenoxy) is 1. The van der Waals surface area contributed by atoms with Crippen LogP contribution in [0.25, 0.3) is 11.3 Å². The number of amides is 1. The van der Waals surface area contributed by atoms with E-state index in [4.69, 9.17) is 20.8 Å². The van der Waals surface area contributed by atoms with Crippen LogP contribution in [0.1, 0.15) is 59.7 Å². The van der Waals surface area contributed by atoms with E-state index in [0.717, 1.165) is 5.56 Å². The normalized spacial score (nSPS) is 11.8. The number of carbonyl (C=O) groups is 3. The molecule has 1 N–H and O–H groups in total. The lowest BCUT2D eigenvalue weighted by molar-refractivity contribution is -0.147. The molecular weight excluding hydrogens is 430 g/mol. The van der Waals surface area contributed by atoms with Crippen LogP contribution in [-0.2, 0) is 9.53 Å². The fourth-order valence-electron chi connectivity index (χ4n) is 3.19. The van der Waals surface area contributed by atoms with Crippen LogP contribution in [0.3, 0.4) is 0 Å². The molecule has 0 aliphatic rings. The number of nitrogens with one attached hydrogen (secondary N) is 1. The van der Waals surface area contributed by atoms with Gasteiger partial charge >= 0.3 is 5.97 Å². The van der Waals surface area contributed by atoms with Gasteiger partial charge in [0, 0.05) is 16.1 Å². The maximum Gasteiger partial charge on any atom is 0.308 e. The maximum atomic E-state index is 12.9. The second-order valence-corrected chi connectivity index (χ2v) is 7.99. The Morgan fingerprint density at radius 2 is 1.69 bits per heavy atom. The summed E-state index contributed by atoms with van der Waals surface area (Å²) in [6.07, 6.45) is -0.347. The maximum absolute atomic E-state index is 12.9. The Hall–Kier alpha value is -3.38. The minimum atomic E-state index is -0.689. The number of Topliss-reactive ketones (excluding diaryl/α,β-unsaturated/α-hetero) is 1. The number of ketones is 1. The molecule has 3 rings (SSSR count). The molecule has 0 aliphatic carbocycles. The summed E-state index contributed by atoms with van der Waals surface area (Å²) in [5.41, 5.74) is 1.93. The number of esters is 1. The summed E-state index contributed by atoms with van der Waals surface area (Å²) in [6, 6.07) is 16.5. The first-order chi connectivity index (χ1) is 15.2. The number of furan rings is 1. The van der Waals surface area contributed by atoms with Crippen LogP contribution in [0, 0.1) is 0 Å². The Morgan fingerprint density at radius 1 is 1.00 bits per heavy atom. The Bertz CT molecular complexity index is 1120. The first-order valence-electron chi connectivity index (χ1n) is 10.2. The van der Waals surface area contributed by atoms with Crippen LogP contribution in [-0.4, -0.2) is 23.8 Å². The standard InChI is InChI=1S/C25H24ClNO5/c1-15(2)31-24(29)14-21(19-6-4-5-7-20(19)26)27-25(30)23-13-12-22(32-23)18-10-8-17(9-11-18)16(3)28/h4-13,15,21H,14H2,1-3H3,(H,27,30)/t21-/m0/s1. The van der Waals surface area contributed by atoms with Crippen LogP contribution < -0.4 is 5.32 Å². The van der Waals surface area contributed by atoms with E-state index in [9.17, 15) is 14.4 Å². The predicted molar refractivity (Wildman–Crippen MR) is 122 cm³/mol. The molecule has 6 nitrogen and oxygen atoms in total. The van der Waals surface area contributed by atoms with Gasteiger partial charge in [-0.3, -0.25) is 14.4 Å². The zero-order valence-corrected chi connectivity index (χ0v) is 18.8. The van der Waals surface area contributed by atoms with E-state index < -0.39 is 17.9 Å². The fourth-order valence-corrected chi connectivity index (χ4v) is 3.46. The Morgan fingerprint density at radius 3 is 2.31 bits per heavy atom. The Kier molecular flexibility index (Phi) is 7.49. The molecule has 0 saturated carbocycles. The fraction of sp³-hybridized carbons (Fsp3) is 0.240. The molecule has 7 heteroatoms. The van der Waals surface area contributed by atoms with Crippen molar-refractivity contribution in [3.05, 3.63) is 82.6 Å². The van der Waals surface area contributed by atoms with Gasteiger partial charge < -0.3 is 14.5 Å². The number of rotatable bonds is 8. The SMILES string of the molecule is CC(=O)c1ccc(-c2ccc(C(=O)N[C@@H](CC(=O)OC(C)C)c3ccccc3Cl)o2)cc1. The van der Waals surface area contributed by atoms with Crippen molar-refractivity contribution in [1.29, 1.82) is 0 Å². The summed E-state index contributed by atoms with van der Waals surface area (Å²) in [4.78, 5) is 36.6. The summed E-state index contributed by atoms with van der Waals surface area (Å²) in [5.74, 6) is -0.392. The van der Waals surface area contributed by atoms with Crippen molar-refractivity contribution in [2.45, 2.75) is 39.3 Å². The number of hydrogen-bond donors (Lipinski definition) is 1. The van der Waals surface area contributed by atoms with Crippen LogP contribution >= 0.6 is 11.6 Å². The highest BCUT2D eigenvalue weighted by atomic mass is 35.5. The van der Waals surface area contributed by atoms with Crippen LogP contribution in [0.2, 0.25) is 5.02 Å². The molecule has 0 saturated heterocycles. The highest BCUT2D eigenvalue weighted by Crippen LogP contribution is 2.27. The van der Waals surface area contributed by atoms with Gasteiger partial charge in [-0.2, -0.15) is 0 Å². The molecule has 1 heterocycles. The van der Waals surface area contributed by atoms with E-state index in [2.05, 4.69) is 5.32 Å². The molecule has 0 unspecified atom stereocenters. The molecule has 0 radical (unpaired) electrons. The highest BCUT2D eigenvalue weighted by Gasteiger charge is 2.24. The highest BCUT2D eigenvalue weighted by molar-refractivity contribution is 6.31. The smallest absolute Gasteiger partial charge is 0.308 e. The molecule has 2 aromatic carbocycles. The lowest BCUT2D eigenvalue weighted by Gasteiger charge is -2.20. The zero-order valence-electron chi connectivity index (χ0n) is 18.1. The minimum Gasteiger partial charge on any atom is -0.463 e. The molecule has 0 bridgehead atoms. The van der Waals surface area contributed by atoms with E-state index in [1.54, 1.807) is 74.5 Å². The molecule has 3 aromatic rings. The predicted octanol–water partition coefficient (Wildman–Crippen LogP) is 5.62. The second-order valence-electron chi connectivity index (χ2n) is 7.59. The lowest BCUT2D eigenvalue weighted by atomic mass is 10.0. The Balaban J connectivity index is 1.79. The lowest BCUT2D eigenvalue weighted by Crippen LogP contribution is -2.31. The van der Waals surface area contributed by atoms with Crippen molar-refractivity contribution in [1.82, 2.24) is 5.32 Å². The third-order valence-corrected chi connectivity index (χ3v) is 5.07. The van der Waals surface area contributed by atoms with E-state index >= 15 is 0 Å². The van der Waals surface area contributed by atoms with Gasteiger partial charge in [-0.25, -0.2) is 0 Å². The van der Waals surface area contributed by atoms with Gasteiger partial charge in [-0.15, -0.1) is 0 Å². The molecule has 32 heavy (non-hydrogen) atoms. The molecule has 1 atom stereocenters. The Labute approximate surface area is 191 Å². The minimum absolute atomic E-state index is 0.0299. The number of hydrogen-bond acceptors (Lipinski definition) is 5. The molecule has 166 valence electrons. The zero-order chi connectivity index (χ0) is 23.3. The van der Waals surface area contributed by atoms with Gasteiger partial charge in [0.1, 0.15) is 5.76 Å². The number of carbonyl (C=O) groups excluding carboxylic acids is 3. The van der Waals surface area contributed by atoms with Crippen molar-refractivity contribution in [2.24, 2.45) is 0 Å². The first kappa shape index (κ1) is 23.3. The van der Waals surface area contributed by atoms with Crippen LogP contribution in [0.4, 0.5) is 0 Å². The average molecular weight is 454 g/mol. The number of halogens is 1. The van der Waals surface area contributed by atoms with Crippen LogP contribution in [0.15, 0.2) is 65.1 Å². The third-order valence-electron chi connectivity index (χ3n) is 4.73. The second kappa shape index (κ2) is 10.3. The molecule has 0 fully saturated rings. The molecule has 0 aliphatic heterocycles. The van der Waals surface area contributed by atoms with Crippen LogP contribution in [0.5, 0.6) is 0 Å². The van der Waals surface area contributed by atoms with E-state index in [1.807, 2.05) is 0 Å². The summed E-state index contributed by atoms with van der Waals surface area (Å²) in [5, 5.41) is 3.25. The van der Waals surface area contributed by atoms with Gasteiger partial charge in [0.2, 0.25) is 0 Å². The molecule has 1 amide bonds. The van der Waals surface area contributed by atoms with E-state index in [0.29, 0.717) is 21.9 Å². The monoisotopic (exact) mass is 453 g/mol. The first-order valence-corrected chi connectivity index (χ1v) is 10.6. The van der Waals surface area contributed by atoms with Crippen molar-refractivity contribution >= 4 is 29.3 Å². The average Bonchev–Trinajstić information content (AvgIpc) is 3.23. The van der Waals surface area contributed by atoms with E-state index in [-0.39, 0.29) is 24.1 Å². The number of benzene rings is 2. The third kappa shape index (κ3) is 5.86. The molecule has 1 aromatic heterocycles.